The van der Waals surface area contributed by atoms with E-state index in [4.69, 9.17) is 9.47 Å². The maximum atomic E-state index is 12.5. The molecular weight excluding hydrogens is 472 g/mol. The number of Topliss-reactive ketones (excluding diaryl/α,β-unsaturated/α-hetero) is 1. The third kappa shape index (κ3) is 6.48. The van der Waals surface area contributed by atoms with Gasteiger partial charge in [0.2, 0.25) is 0 Å². The third-order valence-electron chi connectivity index (χ3n) is 3.89. The minimum Gasteiger partial charge on any atom is -0.493 e. The quantitative estimate of drug-likeness (QED) is 0.207. The zero-order chi connectivity index (χ0) is 22.3. The molecular formula is C19H16BrF2NO7. The summed E-state index contributed by atoms with van der Waals surface area (Å²) in [6, 6.07) is 8.45. The number of ether oxygens (including phenoxy) is 3. The lowest BCUT2D eigenvalue weighted by Gasteiger charge is -2.12. The van der Waals surface area contributed by atoms with Gasteiger partial charge in [-0.25, -0.2) is 0 Å². The van der Waals surface area contributed by atoms with Crippen LogP contribution in [0.2, 0.25) is 0 Å². The lowest BCUT2D eigenvalue weighted by Crippen LogP contribution is -2.10. The molecule has 8 nitrogen and oxygen atoms in total. The Hall–Kier alpha value is -3.08. The van der Waals surface area contributed by atoms with Gasteiger partial charge in [-0.05, 0) is 18.2 Å². The molecule has 0 heterocycles. The smallest absolute Gasteiger partial charge is 0.387 e. The van der Waals surface area contributed by atoms with Crippen molar-refractivity contribution in [1.29, 1.82) is 0 Å². The molecule has 11 heteroatoms. The Balaban J connectivity index is 2.02. The molecule has 2 aromatic carbocycles. The number of esters is 1. The van der Waals surface area contributed by atoms with Gasteiger partial charge in [0.25, 0.3) is 5.69 Å². The Kier molecular flexibility index (Phi) is 8.22. The average Bonchev–Trinajstić information content (AvgIpc) is 2.70. The molecule has 2 aromatic rings. The molecule has 0 radical (unpaired) electrons. The first-order chi connectivity index (χ1) is 14.2. The van der Waals surface area contributed by atoms with Gasteiger partial charge in [-0.2, -0.15) is 8.78 Å². The van der Waals surface area contributed by atoms with E-state index in [9.17, 15) is 28.5 Å². The van der Waals surface area contributed by atoms with Gasteiger partial charge >= 0.3 is 12.6 Å². The number of rotatable bonds is 10. The van der Waals surface area contributed by atoms with Crippen molar-refractivity contribution in [2.24, 2.45) is 0 Å². The minimum atomic E-state index is -3.20. The van der Waals surface area contributed by atoms with Crippen molar-refractivity contribution in [2.45, 2.75) is 26.1 Å². The number of hydrogen-bond acceptors (Lipinski definition) is 7. The Morgan fingerprint density at radius 3 is 2.37 bits per heavy atom. The highest BCUT2D eigenvalue weighted by Gasteiger charge is 2.23. The zero-order valence-corrected chi connectivity index (χ0v) is 17.2. The summed E-state index contributed by atoms with van der Waals surface area (Å²) in [5.41, 5.74) is -0.225. The van der Waals surface area contributed by atoms with Crippen LogP contribution in [-0.4, -0.2) is 30.4 Å². The first-order valence-corrected chi connectivity index (χ1v) is 9.25. The molecule has 2 rings (SSSR count). The van der Waals surface area contributed by atoms with Crippen LogP contribution in [0.5, 0.6) is 11.5 Å². The Labute approximate surface area is 178 Å². The normalized spacial score (nSPS) is 10.6. The summed E-state index contributed by atoms with van der Waals surface area (Å²) in [7, 11) is 1.17. The number of nitro benzene ring substituents is 1. The summed E-state index contributed by atoms with van der Waals surface area (Å²) < 4.78 is 39.8. The van der Waals surface area contributed by atoms with Crippen molar-refractivity contribution in [2.75, 3.05) is 7.11 Å². The number of alkyl halides is 2. The molecule has 30 heavy (non-hydrogen) atoms. The first-order valence-electron chi connectivity index (χ1n) is 8.45. The molecule has 0 fully saturated rings. The molecule has 0 N–H and O–H groups in total. The summed E-state index contributed by atoms with van der Waals surface area (Å²) in [4.78, 5) is 34.4. The maximum Gasteiger partial charge on any atom is 0.387 e. The molecule has 0 unspecified atom stereocenters. The largest absolute Gasteiger partial charge is 0.493 e. The van der Waals surface area contributed by atoms with Gasteiger partial charge in [-0.15, -0.1) is 0 Å². The van der Waals surface area contributed by atoms with Gasteiger partial charge in [0.15, 0.2) is 17.3 Å². The second kappa shape index (κ2) is 10.6. The molecule has 0 aliphatic carbocycles. The fourth-order valence-electron chi connectivity index (χ4n) is 2.45. The fourth-order valence-corrected chi connectivity index (χ4v) is 2.71. The van der Waals surface area contributed by atoms with Crippen LogP contribution in [0, 0.1) is 10.1 Å². The summed E-state index contributed by atoms with van der Waals surface area (Å²) in [5.74, 6) is -1.71. The van der Waals surface area contributed by atoms with Crippen molar-refractivity contribution >= 4 is 33.4 Å². The van der Waals surface area contributed by atoms with E-state index in [1.165, 1.54) is 7.11 Å². The Morgan fingerprint density at radius 1 is 1.13 bits per heavy atom. The predicted molar refractivity (Wildman–Crippen MR) is 104 cm³/mol. The van der Waals surface area contributed by atoms with Crippen LogP contribution in [-0.2, 0) is 16.1 Å². The number of methoxy groups -OCH3 is 1. The van der Waals surface area contributed by atoms with Crippen LogP contribution in [0.1, 0.15) is 28.8 Å². The van der Waals surface area contributed by atoms with Crippen LogP contribution in [0.25, 0.3) is 0 Å². The van der Waals surface area contributed by atoms with Gasteiger partial charge in [-0.1, -0.05) is 28.1 Å². The van der Waals surface area contributed by atoms with Crippen molar-refractivity contribution in [3.8, 4) is 11.5 Å². The lowest BCUT2D eigenvalue weighted by molar-refractivity contribution is -0.386. The second-order valence-electron chi connectivity index (χ2n) is 5.86. The van der Waals surface area contributed by atoms with Gasteiger partial charge in [-0.3, -0.25) is 19.7 Å². The molecule has 160 valence electrons. The number of halogens is 3. The number of hydrogen-bond donors (Lipinski definition) is 0. The standard InChI is InChI=1S/C19H16BrF2NO7/c1-28-16-8-12(14(23(26)27)9-17(16)30-19(21)22)10-29-18(25)7-6-15(24)11-2-4-13(20)5-3-11/h2-5,8-9,19H,6-7,10H2,1H3. The van der Waals surface area contributed by atoms with E-state index in [1.54, 1.807) is 24.3 Å². The van der Waals surface area contributed by atoms with Gasteiger partial charge in [0, 0.05) is 16.5 Å². The molecule has 0 aliphatic heterocycles. The summed E-state index contributed by atoms with van der Waals surface area (Å²) in [6.45, 7) is -3.71. The van der Waals surface area contributed by atoms with Crippen molar-refractivity contribution in [3.05, 3.63) is 62.1 Å². The van der Waals surface area contributed by atoms with Crippen LogP contribution in [0.4, 0.5) is 14.5 Å². The van der Waals surface area contributed by atoms with Gasteiger partial charge < -0.3 is 14.2 Å². The summed E-state index contributed by atoms with van der Waals surface area (Å²) >= 11 is 3.25. The van der Waals surface area contributed by atoms with E-state index in [2.05, 4.69) is 20.7 Å². The van der Waals surface area contributed by atoms with Gasteiger partial charge in [0.05, 0.1) is 30.1 Å². The highest BCUT2D eigenvalue weighted by atomic mass is 79.9. The minimum absolute atomic E-state index is 0.0777. The lowest BCUT2D eigenvalue weighted by atomic mass is 10.1. The topological polar surface area (TPSA) is 105 Å². The molecule has 0 bridgehead atoms. The van der Waals surface area contributed by atoms with Crippen molar-refractivity contribution < 1.29 is 37.5 Å². The number of carbonyl (C=O) groups excluding carboxylic acids is 2. The van der Waals surface area contributed by atoms with Crippen LogP contribution < -0.4 is 9.47 Å². The van der Waals surface area contributed by atoms with Crippen LogP contribution in [0.3, 0.4) is 0 Å². The molecule has 0 aromatic heterocycles. The molecule has 0 aliphatic rings. The van der Waals surface area contributed by atoms with Crippen molar-refractivity contribution in [1.82, 2.24) is 0 Å². The monoisotopic (exact) mass is 487 g/mol. The van der Waals surface area contributed by atoms with Crippen LogP contribution in [0.15, 0.2) is 40.9 Å². The number of ketones is 1. The van der Waals surface area contributed by atoms with E-state index in [0.29, 0.717) is 5.56 Å². The average molecular weight is 488 g/mol. The Bertz CT molecular complexity index is 935. The molecule has 0 saturated heterocycles. The number of nitro groups is 1. The van der Waals surface area contributed by atoms with Gasteiger partial charge in [0.1, 0.15) is 6.61 Å². The fraction of sp³-hybridized carbons (Fsp3) is 0.263. The third-order valence-corrected chi connectivity index (χ3v) is 4.42. The molecule has 0 amide bonds. The second-order valence-corrected chi connectivity index (χ2v) is 6.77. The van der Waals surface area contributed by atoms with E-state index in [1.807, 2.05) is 0 Å². The van der Waals surface area contributed by atoms with Crippen LogP contribution >= 0.6 is 15.9 Å². The molecule has 0 atom stereocenters. The predicted octanol–water partition coefficient (Wildman–Crippen LogP) is 4.67. The first kappa shape index (κ1) is 23.2. The van der Waals surface area contributed by atoms with Crippen molar-refractivity contribution in [3.63, 3.8) is 0 Å². The Morgan fingerprint density at radius 2 is 1.80 bits per heavy atom. The molecule has 0 spiro atoms. The number of carbonyl (C=O) groups is 2. The summed E-state index contributed by atoms with van der Waals surface area (Å²) in [5, 5.41) is 11.2. The number of benzene rings is 2. The highest BCUT2D eigenvalue weighted by Crippen LogP contribution is 2.36. The van der Waals surface area contributed by atoms with E-state index in [0.717, 1.165) is 16.6 Å². The highest BCUT2D eigenvalue weighted by molar-refractivity contribution is 9.10. The summed E-state index contributed by atoms with van der Waals surface area (Å²) in [6.07, 6.45) is -0.334. The number of nitrogens with zero attached hydrogens (tertiary/aromatic N) is 1. The maximum absolute atomic E-state index is 12.5. The molecule has 0 saturated carbocycles. The SMILES string of the molecule is COc1cc(COC(=O)CCC(=O)c2ccc(Br)cc2)c([N+](=O)[O-])cc1OC(F)F. The van der Waals surface area contributed by atoms with E-state index < -0.39 is 35.5 Å². The zero-order valence-electron chi connectivity index (χ0n) is 15.6. The van der Waals surface area contributed by atoms with E-state index in [-0.39, 0.29) is 29.9 Å². The van der Waals surface area contributed by atoms with E-state index >= 15 is 0 Å².